The number of hydrogen-bond donors (Lipinski definition) is 0. The fourth-order valence-corrected chi connectivity index (χ4v) is 1.67. The quantitative estimate of drug-likeness (QED) is 0.502. The zero-order valence-electron chi connectivity index (χ0n) is 9.93. The first kappa shape index (κ1) is 14.2. The zero-order valence-corrected chi connectivity index (χ0v) is 10.7. The van der Waals surface area contributed by atoms with Crippen LogP contribution in [0.15, 0.2) is 34.4 Å². The number of hydrogen-bond acceptors (Lipinski definition) is 1. The van der Waals surface area contributed by atoms with Crippen LogP contribution in [-0.2, 0) is 4.79 Å². The fourth-order valence-electron chi connectivity index (χ4n) is 1.28. The number of carbonyl (C=O) groups is 1. The second-order valence-corrected chi connectivity index (χ2v) is 3.73. The predicted octanol–water partition coefficient (Wildman–Crippen LogP) is 4.39. The van der Waals surface area contributed by atoms with Gasteiger partial charge in [-0.1, -0.05) is 43.2 Å². The SMILES string of the molecule is C\C=C(C(=O)CC)/C(Cl)=C\C(C)=C\CC. The molecule has 0 aliphatic carbocycles. The van der Waals surface area contributed by atoms with E-state index < -0.39 is 0 Å². The Morgan fingerprint density at radius 1 is 1.33 bits per heavy atom. The van der Waals surface area contributed by atoms with Gasteiger partial charge in [0.05, 0.1) is 5.03 Å². The van der Waals surface area contributed by atoms with Gasteiger partial charge in [0.1, 0.15) is 0 Å². The van der Waals surface area contributed by atoms with Gasteiger partial charge in [-0.15, -0.1) is 0 Å². The van der Waals surface area contributed by atoms with Crippen LogP contribution in [0.3, 0.4) is 0 Å². The van der Waals surface area contributed by atoms with E-state index in [-0.39, 0.29) is 5.78 Å². The van der Waals surface area contributed by atoms with Gasteiger partial charge in [0.2, 0.25) is 0 Å². The third-order valence-electron chi connectivity index (χ3n) is 2.05. The molecule has 0 bridgehead atoms. The van der Waals surface area contributed by atoms with Crippen LogP contribution in [0.2, 0.25) is 0 Å². The molecule has 1 nitrogen and oxygen atoms in total. The maximum atomic E-state index is 11.5. The summed E-state index contributed by atoms with van der Waals surface area (Å²) in [6, 6.07) is 0. The van der Waals surface area contributed by atoms with E-state index in [2.05, 4.69) is 13.0 Å². The molecular formula is C13H19ClO. The molecular weight excluding hydrogens is 208 g/mol. The number of ketones is 1. The number of Topliss-reactive ketones (excluding diaryl/α,β-unsaturated/α-hetero) is 1. The molecule has 0 radical (unpaired) electrons. The number of rotatable bonds is 5. The van der Waals surface area contributed by atoms with Gasteiger partial charge >= 0.3 is 0 Å². The molecule has 0 aliphatic heterocycles. The van der Waals surface area contributed by atoms with Crippen molar-refractivity contribution in [3.05, 3.63) is 34.4 Å². The molecule has 0 rings (SSSR count). The average molecular weight is 227 g/mol. The van der Waals surface area contributed by atoms with Crippen molar-refractivity contribution in [1.82, 2.24) is 0 Å². The smallest absolute Gasteiger partial charge is 0.163 e. The minimum atomic E-state index is 0.0862. The molecule has 0 N–H and O–H groups in total. The molecule has 0 amide bonds. The van der Waals surface area contributed by atoms with Gasteiger partial charge < -0.3 is 0 Å². The van der Waals surface area contributed by atoms with E-state index in [1.165, 1.54) is 0 Å². The highest BCUT2D eigenvalue weighted by atomic mass is 35.5. The Hall–Kier alpha value is -0.820. The van der Waals surface area contributed by atoms with Crippen molar-refractivity contribution in [3.63, 3.8) is 0 Å². The summed E-state index contributed by atoms with van der Waals surface area (Å²) in [6.45, 7) is 7.72. The van der Waals surface area contributed by atoms with Crippen molar-refractivity contribution < 1.29 is 4.79 Å². The normalized spacial score (nSPS) is 14.3. The van der Waals surface area contributed by atoms with Crippen LogP contribution >= 0.6 is 11.6 Å². The van der Waals surface area contributed by atoms with Gasteiger partial charge in [0, 0.05) is 12.0 Å². The molecule has 0 aliphatic rings. The molecule has 2 heteroatoms. The van der Waals surface area contributed by atoms with Crippen LogP contribution in [0.1, 0.15) is 40.5 Å². The molecule has 0 aromatic carbocycles. The van der Waals surface area contributed by atoms with Gasteiger partial charge in [-0.05, 0) is 26.3 Å². The minimum absolute atomic E-state index is 0.0862. The molecule has 0 fully saturated rings. The van der Waals surface area contributed by atoms with Gasteiger partial charge in [-0.25, -0.2) is 0 Å². The molecule has 84 valence electrons. The van der Waals surface area contributed by atoms with Gasteiger partial charge in [-0.2, -0.15) is 0 Å². The first-order chi connectivity index (χ1) is 7.06. The van der Waals surface area contributed by atoms with Crippen molar-refractivity contribution in [1.29, 1.82) is 0 Å². The molecule has 0 unspecified atom stereocenters. The largest absolute Gasteiger partial charge is 0.294 e. The number of carbonyl (C=O) groups excluding carboxylic acids is 1. The van der Waals surface area contributed by atoms with Gasteiger partial charge in [-0.3, -0.25) is 4.79 Å². The van der Waals surface area contributed by atoms with Crippen LogP contribution in [0, 0.1) is 0 Å². The first-order valence-electron chi connectivity index (χ1n) is 5.30. The Morgan fingerprint density at radius 3 is 2.33 bits per heavy atom. The van der Waals surface area contributed by atoms with Crippen LogP contribution in [0.5, 0.6) is 0 Å². The lowest BCUT2D eigenvalue weighted by atomic mass is 10.1. The standard InChI is InChI=1S/C13H19ClO/c1-5-8-10(4)9-12(14)11(6-2)13(15)7-3/h6,8-9H,5,7H2,1-4H3/b10-8+,11-6+,12-9+. The summed E-state index contributed by atoms with van der Waals surface area (Å²) in [5, 5.41) is 0.534. The monoisotopic (exact) mass is 226 g/mol. The van der Waals surface area contributed by atoms with E-state index >= 15 is 0 Å². The third-order valence-corrected chi connectivity index (χ3v) is 2.36. The maximum Gasteiger partial charge on any atom is 0.163 e. The third kappa shape index (κ3) is 4.98. The second-order valence-electron chi connectivity index (χ2n) is 3.33. The van der Waals surface area contributed by atoms with Crippen LogP contribution in [-0.4, -0.2) is 5.78 Å². The van der Waals surface area contributed by atoms with E-state index in [1.54, 1.807) is 6.08 Å². The Bertz CT molecular complexity index is 308. The predicted molar refractivity (Wildman–Crippen MR) is 67.0 cm³/mol. The summed E-state index contributed by atoms with van der Waals surface area (Å²) in [5.41, 5.74) is 1.70. The molecule has 0 aromatic heterocycles. The van der Waals surface area contributed by atoms with Crippen LogP contribution in [0.4, 0.5) is 0 Å². The summed E-state index contributed by atoms with van der Waals surface area (Å²) >= 11 is 6.08. The van der Waals surface area contributed by atoms with Crippen molar-refractivity contribution in [2.75, 3.05) is 0 Å². The second kappa shape index (κ2) is 7.47. The van der Waals surface area contributed by atoms with Crippen LogP contribution in [0.25, 0.3) is 0 Å². The van der Waals surface area contributed by atoms with E-state index in [9.17, 15) is 4.79 Å². The summed E-state index contributed by atoms with van der Waals surface area (Å²) in [4.78, 5) is 11.5. The average Bonchev–Trinajstić information content (AvgIpc) is 2.18. The van der Waals surface area contributed by atoms with E-state index in [0.717, 1.165) is 12.0 Å². The van der Waals surface area contributed by atoms with Crippen molar-refractivity contribution in [3.8, 4) is 0 Å². The van der Waals surface area contributed by atoms with Crippen LogP contribution < -0.4 is 0 Å². The fraction of sp³-hybridized carbons (Fsp3) is 0.462. The van der Waals surface area contributed by atoms with Crippen molar-refractivity contribution in [2.24, 2.45) is 0 Å². The van der Waals surface area contributed by atoms with Crippen molar-refractivity contribution >= 4 is 17.4 Å². The van der Waals surface area contributed by atoms with E-state index in [4.69, 9.17) is 11.6 Å². The lowest BCUT2D eigenvalue weighted by molar-refractivity contribution is -0.115. The van der Waals surface area contributed by atoms with E-state index in [1.807, 2.05) is 26.8 Å². The van der Waals surface area contributed by atoms with Crippen molar-refractivity contribution in [2.45, 2.75) is 40.5 Å². The summed E-state index contributed by atoms with van der Waals surface area (Å²) in [5.74, 6) is 0.0862. The summed E-state index contributed by atoms with van der Waals surface area (Å²) in [7, 11) is 0. The molecule has 0 aromatic rings. The summed E-state index contributed by atoms with van der Waals surface area (Å²) in [6.07, 6.45) is 7.14. The molecule has 0 saturated heterocycles. The molecule has 15 heavy (non-hydrogen) atoms. The first-order valence-corrected chi connectivity index (χ1v) is 5.68. The minimum Gasteiger partial charge on any atom is -0.294 e. The molecule has 0 spiro atoms. The highest BCUT2D eigenvalue weighted by Gasteiger charge is 2.09. The molecule has 0 saturated carbocycles. The maximum absolute atomic E-state index is 11.5. The Labute approximate surface area is 97.5 Å². The highest BCUT2D eigenvalue weighted by molar-refractivity contribution is 6.35. The molecule has 0 heterocycles. The topological polar surface area (TPSA) is 17.1 Å². The van der Waals surface area contributed by atoms with E-state index in [0.29, 0.717) is 17.0 Å². The number of halogens is 1. The lowest BCUT2D eigenvalue weighted by Crippen LogP contribution is -2.00. The highest BCUT2D eigenvalue weighted by Crippen LogP contribution is 2.19. The molecule has 0 atom stereocenters. The van der Waals surface area contributed by atoms with Gasteiger partial charge in [0.25, 0.3) is 0 Å². The summed E-state index contributed by atoms with van der Waals surface area (Å²) < 4.78 is 0. The Balaban J connectivity index is 4.89. The lowest BCUT2D eigenvalue weighted by Gasteiger charge is -2.03. The zero-order chi connectivity index (χ0) is 11.8. The number of allylic oxidation sites excluding steroid dienone is 6. The Morgan fingerprint density at radius 2 is 1.93 bits per heavy atom. The van der Waals surface area contributed by atoms with Gasteiger partial charge in [0.15, 0.2) is 5.78 Å². The Kier molecular flexibility index (Phi) is 7.06.